The fourth-order valence-corrected chi connectivity index (χ4v) is 2.78. The highest BCUT2D eigenvalue weighted by Gasteiger charge is 2.09. The van der Waals surface area contributed by atoms with E-state index in [2.05, 4.69) is 37.9 Å². The summed E-state index contributed by atoms with van der Waals surface area (Å²) in [6.45, 7) is 0.638. The summed E-state index contributed by atoms with van der Waals surface area (Å²) in [5.74, 6) is 0. The van der Waals surface area contributed by atoms with Crippen LogP contribution in [0.15, 0.2) is 31.8 Å². The third kappa shape index (κ3) is 1.74. The van der Waals surface area contributed by atoms with E-state index >= 15 is 0 Å². The lowest BCUT2D eigenvalue weighted by Gasteiger charge is -1.97. The second-order valence-corrected chi connectivity index (χ2v) is 4.83. The van der Waals surface area contributed by atoms with E-state index in [1.807, 2.05) is 6.07 Å². The highest BCUT2D eigenvalue weighted by Crippen LogP contribution is 2.31. The Bertz CT molecular complexity index is 464. The summed E-state index contributed by atoms with van der Waals surface area (Å²) in [6.07, 6.45) is 2.62. The van der Waals surface area contributed by atoms with Gasteiger partial charge in [0.2, 0.25) is 0 Å². The van der Waals surface area contributed by atoms with Crippen LogP contribution in [-0.4, -0.2) is 6.54 Å². The van der Waals surface area contributed by atoms with Gasteiger partial charge in [0, 0.05) is 9.86 Å². The lowest BCUT2D eigenvalue weighted by atomic mass is 10.1. The summed E-state index contributed by atoms with van der Waals surface area (Å²) in [7, 11) is 0. The zero-order chi connectivity index (χ0) is 10.1. The maximum atomic E-state index is 5.52. The van der Waals surface area contributed by atoms with Gasteiger partial charge >= 0.3 is 0 Å². The molecule has 0 amide bonds. The number of rotatable bonds is 2. The third-order valence-corrected chi connectivity index (χ3v) is 3.13. The summed E-state index contributed by atoms with van der Waals surface area (Å²) < 4.78 is 7.47. The molecule has 1 heterocycles. The Kier molecular flexibility index (Phi) is 2.95. The molecule has 4 heteroatoms. The SMILES string of the molecule is NCCc1coc2c(Br)cc(Br)cc12. The molecule has 2 N–H and O–H groups in total. The average Bonchev–Trinajstić information content (AvgIpc) is 2.49. The normalized spacial score (nSPS) is 11.1. The van der Waals surface area contributed by atoms with Crippen LogP contribution in [0.1, 0.15) is 5.56 Å². The topological polar surface area (TPSA) is 39.2 Å². The van der Waals surface area contributed by atoms with Crippen LogP contribution in [0.25, 0.3) is 11.0 Å². The van der Waals surface area contributed by atoms with Crippen LogP contribution in [0.3, 0.4) is 0 Å². The molecule has 0 aliphatic carbocycles. The van der Waals surface area contributed by atoms with E-state index in [1.54, 1.807) is 6.26 Å². The van der Waals surface area contributed by atoms with Crippen molar-refractivity contribution in [2.45, 2.75) is 6.42 Å². The van der Waals surface area contributed by atoms with Crippen molar-refractivity contribution in [3.63, 3.8) is 0 Å². The van der Waals surface area contributed by atoms with Gasteiger partial charge < -0.3 is 10.2 Å². The lowest BCUT2D eigenvalue weighted by molar-refractivity contribution is 0.608. The van der Waals surface area contributed by atoms with E-state index in [9.17, 15) is 0 Å². The minimum atomic E-state index is 0.638. The standard InChI is InChI=1S/C10H9Br2NO/c11-7-3-8-6(1-2-13)5-14-10(8)9(12)4-7/h3-5H,1-2,13H2. The Labute approximate surface area is 98.7 Å². The summed E-state index contributed by atoms with van der Waals surface area (Å²) in [4.78, 5) is 0. The van der Waals surface area contributed by atoms with E-state index in [0.29, 0.717) is 6.54 Å². The van der Waals surface area contributed by atoms with Crippen molar-refractivity contribution < 1.29 is 4.42 Å². The molecule has 0 saturated carbocycles. The monoisotopic (exact) mass is 317 g/mol. The van der Waals surface area contributed by atoms with Crippen LogP contribution in [-0.2, 0) is 6.42 Å². The fraction of sp³-hybridized carbons (Fsp3) is 0.200. The first-order chi connectivity index (χ1) is 6.72. The zero-order valence-electron chi connectivity index (χ0n) is 7.39. The largest absolute Gasteiger partial charge is 0.463 e. The van der Waals surface area contributed by atoms with Gasteiger partial charge in [0.15, 0.2) is 0 Å². The quantitative estimate of drug-likeness (QED) is 0.921. The summed E-state index contributed by atoms with van der Waals surface area (Å²) in [5.41, 5.74) is 7.56. The third-order valence-electron chi connectivity index (χ3n) is 2.09. The van der Waals surface area contributed by atoms with Crippen LogP contribution in [0.2, 0.25) is 0 Å². The molecule has 0 fully saturated rings. The molecule has 1 aromatic carbocycles. The number of fused-ring (bicyclic) bond motifs is 1. The van der Waals surface area contributed by atoms with Gasteiger partial charge in [-0.2, -0.15) is 0 Å². The molecule has 2 aromatic rings. The molecule has 0 atom stereocenters. The van der Waals surface area contributed by atoms with E-state index in [1.165, 1.54) is 0 Å². The summed E-state index contributed by atoms with van der Waals surface area (Å²) in [5, 5.41) is 1.12. The molecular formula is C10H9Br2NO. The average molecular weight is 319 g/mol. The highest BCUT2D eigenvalue weighted by atomic mass is 79.9. The van der Waals surface area contributed by atoms with Gasteiger partial charge in [0.25, 0.3) is 0 Å². The van der Waals surface area contributed by atoms with Crippen LogP contribution >= 0.6 is 31.9 Å². The van der Waals surface area contributed by atoms with Crippen molar-refractivity contribution in [3.05, 3.63) is 32.9 Å². The Morgan fingerprint density at radius 2 is 2.07 bits per heavy atom. The first-order valence-corrected chi connectivity index (χ1v) is 5.86. The Morgan fingerprint density at radius 1 is 1.29 bits per heavy atom. The number of furan rings is 1. The molecule has 1 aromatic heterocycles. The maximum Gasteiger partial charge on any atom is 0.148 e. The first kappa shape index (κ1) is 10.2. The molecule has 0 aliphatic rings. The molecule has 2 rings (SSSR count). The first-order valence-electron chi connectivity index (χ1n) is 4.27. The van der Waals surface area contributed by atoms with Crippen molar-refractivity contribution in [1.82, 2.24) is 0 Å². The van der Waals surface area contributed by atoms with Gasteiger partial charge in [-0.25, -0.2) is 0 Å². The Morgan fingerprint density at radius 3 is 2.79 bits per heavy atom. The Balaban J connectivity index is 2.66. The predicted octanol–water partition coefficient (Wildman–Crippen LogP) is 3.46. The number of benzene rings is 1. The van der Waals surface area contributed by atoms with E-state index in [0.717, 1.165) is 31.9 Å². The van der Waals surface area contributed by atoms with Gasteiger partial charge in [0.05, 0.1) is 10.7 Å². The predicted molar refractivity (Wildman–Crippen MR) is 64.4 cm³/mol. The summed E-state index contributed by atoms with van der Waals surface area (Å²) in [6, 6.07) is 4.02. The zero-order valence-corrected chi connectivity index (χ0v) is 10.6. The second-order valence-electron chi connectivity index (χ2n) is 3.06. The molecule has 2 nitrogen and oxygen atoms in total. The van der Waals surface area contributed by atoms with Crippen molar-refractivity contribution in [2.24, 2.45) is 5.73 Å². The van der Waals surface area contributed by atoms with Gasteiger partial charge in [-0.15, -0.1) is 0 Å². The van der Waals surface area contributed by atoms with Crippen molar-refractivity contribution in [2.75, 3.05) is 6.54 Å². The Hall–Kier alpha value is -0.320. The van der Waals surface area contributed by atoms with Gasteiger partial charge in [-0.1, -0.05) is 15.9 Å². The highest BCUT2D eigenvalue weighted by molar-refractivity contribution is 9.11. The van der Waals surface area contributed by atoms with Crippen LogP contribution in [0.4, 0.5) is 0 Å². The second kappa shape index (κ2) is 4.04. The van der Waals surface area contributed by atoms with Crippen LogP contribution < -0.4 is 5.73 Å². The van der Waals surface area contributed by atoms with Crippen molar-refractivity contribution >= 4 is 42.8 Å². The molecule has 0 unspecified atom stereocenters. The molecule has 0 spiro atoms. The molecular weight excluding hydrogens is 310 g/mol. The minimum absolute atomic E-state index is 0.638. The van der Waals surface area contributed by atoms with Gasteiger partial charge in [-0.3, -0.25) is 0 Å². The van der Waals surface area contributed by atoms with E-state index < -0.39 is 0 Å². The maximum absolute atomic E-state index is 5.52. The fourth-order valence-electron chi connectivity index (χ4n) is 1.46. The van der Waals surface area contributed by atoms with Crippen LogP contribution in [0.5, 0.6) is 0 Å². The van der Waals surface area contributed by atoms with Gasteiger partial charge in [-0.05, 0) is 46.6 Å². The number of hydrogen-bond acceptors (Lipinski definition) is 2. The van der Waals surface area contributed by atoms with Crippen molar-refractivity contribution in [1.29, 1.82) is 0 Å². The lowest BCUT2D eigenvalue weighted by Crippen LogP contribution is -2.01. The van der Waals surface area contributed by atoms with Crippen LogP contribution in [0, 0.1) is 0 Å². The molecule has 0 saturated heterocycles. The number of hydrogen-bond donors (Lipinski definition) is 1. The minimum Gasteiger partial charge on any atom is -0.463 e. The number of nitrogens with two attached hydrogens (primary N) is 1. The smallest absolute Gasteiger partial charge is 0.148 e. The van der Waals surface area contributed by atoms with E-state index in [-0.39, 0.29) is 0 Å². The summed E-state index contributed by atoms with van der Waals surface area (Å²) >= 11 is 6.91. The molecule has 0 radical (unpaired) electrons. The molecule has 14 heavy (non-hydrogen) atoms. The van der Waals surface area contributed by atoms with Gasteiger partial charge in [0.1, 0.15) is 5.58 Å². The molecule has 0 bridgehead atoms. The molecule has 0 aliphatic heterocycles. The molecule has 74 valence electrons. The van der Waals surface area contributed by atoms with E-state index in [4.69, 9.17) is 10.2 Å². The van der Waals surface area contributed by atoms with Crippen molar-refractivity contribution in [3.8, 4) is 0 Å². The number of halogens is 2.